The first kappa shape index (κ1) is 21.0. The Morgan fingerprint density at radius 2 is 2.07 bits per heavy atom. The number of anilines is 1. The summed E-state index contributed by atoms with van der Waals surface area (Å²) in [5.41, 5.74) is 1.15. The molecule has 3 rings (SSSR count). The van der Waals surface area contributed by atoms with E-state index in [0.29, 0.717) is 42.4 Å². The molecule has 1 aliphatic rings. The van der Waals surface area contributed by atoms with E-state index in [-0.39, 0.29) is 23.5 Å². The van der Waals surface area contributed by atoms with Gasteiger partial charge in [0.05, 0.1) is 30.9 Å². The third-order valence-corrected chi connectivity index (χ3v) is 6.62. The Morgan fingerprint density at radius 3 is 2.76 bits per heavy atom. The maximum Gasteiger partial charge on any atom is 0.243 e. The van der Waals surface area contributed by atoms with Gasteiger partial charge < -0.3 is 14.8 Å². The molecular formula is C19H24N4O5S. The van der Waals surface area contributed by atoms with Crippen molar-refractivity contribution in [3.63, 3.8) is 0 Å². The number of carbonyl (C=O) groups excluding carboxylic acids is 1. The summed E-state index contributed by atoms with van der Waals surface area (Å²) in [7, 11) is -2.19. The number of hydrogen-bond donors (Lipinski definition) is 1. The fraction of sp³-hybridized carbons (Fsp3) is 0.421. The van der Waals surface area contributed by atoms with Gasteiger partial charge in [-0.3, -0.25) is 9.78 Å². The number of methoxy groups -OCH3 is 1. The van der Waals surface area contributed by atoms with Gasteiger partial charge in [0.2, 0.25) is 27.7 Å². The summed E-state index contributed by atoms with van der Waals surface area (Å²) < 4.78 is 38.4. The molecule has 0 radical (unpaired) electrons. The van der Waals surface area contributed by atoms with Crippen LogP contribution >= 0.6 is 0 Å². The van der Waals surface area contributed by atoms with E-state index in [0.717, 1.165) is 0 Å². The summed E-state index contributed by atoms with van der Waals surface area (Å²) in [5, 5.41) is 2.73. The zero-order chi connectivity index (χ0) is 21.0. The summed E-state index contributed by atoms with van der Waals surface area (Å²) in [6, 6.07) is 4.79. The Labute approximate surface area is 170 Å². The van der Waals surface area contributed by atoms with Crippen LogP contribution in [0.25, 0.3) is 0 Å². The molecule has 1 saturated heterocycles. The highest BCUT2D eigenvalue weighted by molar-refractivity contribution is 7.89. The minimum atomic E-state index is -3.68. The topological polar surface area (TPSA) is 111 Å². The fourth-order valence-corrected chi connectivity index (χ4v) is 4.77. The highest BCUT2D eigenvalue weighted by Crippen LogP contribution is 2.27. The van der Waals surface area contributed by atoms with Crippen LogP contribution in [0.3, 0.4) is 0 Å². The average Bonchev–Trinajstić information content (AvgIpc) is 3.17. The molecule has 9 nitrogen and oxygen atoms in total. The van der Waals surface area contributed by atoms with Gasteiger partial charge in [0.1, 0.15) is 6.10 Å². The Bertz CT molecular complexity index is 996. The molecule has 0 saturated carbocycles. The van der Waals surface area contributed by atoms with Crippen molar-refractivity contribution < 1.29 is 22.7 Å². The largest absolute Gasteiger partial charge is 0.480 e. The number of aromatic nitrogens is 2. The molecule has 10 heteroatoms. The van der Waals surface area contributed by atoms with Crippen LogP contribution in [-0.2, 0) is 14.8 Å². The summed E-state index contributed by atoms with van der Waals surface area (Å²) in [4.78, 5) is 19.9. The SMILES string of the molecule is CCC(=O)Nc1ccc(S(=O)(=O)N2CCC(Oc3cncc(OC)n3)C2)c(C)c1. The van der Waals surface area contributed by atoms with Crippen LogP contribution in [-0.4, -0.2) is 54.9 Å². The Balaban J connectivity index is 1.71. The number of nitrogens with zero attached hydrogens (tertiary/aromatic N) is 3. The van der Waals surface area contributed by atoms with Crippen LogP contribution in [0.5, 0.6) is 11.8 Å². The second-order valence-electron chi connectivity index (χ2n) is 6.67. The molecule has 1 amide bonds. The number of sulfonamides is 1. The fourth-order valence-electron chi connectivity index (χ4n) is 3.07. The molecule has 2 aromatic rings. The van der Waals surface area contributed by atoms with Gasteiger partial charge in [-0.05, 0) is 37.1 Å². The summed E-state index contributed by atoms with van der Waals surface area (Å²) in [6.45, 7) is 4.03. The van der Waals surface area contributed by atoms with Gasteiger partial charge >= 0.3 is 0 Å². The molecule has 1 atom stereocenters. The van der Waals surface area contributed by atoms with Crippen LogP contribution in [0.1, 0.15) is 25.3 Å². The van der Waals surface area contributed by atoms with E-state index >= 15 is 0 Å². The molecule has 1 aromatic carbocycles. The van der Waals surface area contributed by atoms with Crippen molar-refractivity contribution in [2.45, 2.75) is 37.7 Å². The van der Waals surface area contributed by atoms with E-state index in [1.54, 1.807) is 26.0 Å². The standard InChI is InChI=1S/C19H24N4O5S/c1-4-17(24)21-14-5-6-16(13(2)9-14)29(25,26)23-8-7-15(12-23)28-19-11-20-10-18(22-19)27-3/h5-6,9-11,15H,4,7-8,12H2,1-3H3,(H,21,24). The minimum absolute atomic E-state index is 0.125. The van der Waals surface area contributed by atoms with Crippen molar-refractivity contribution in [3.8, 4) is 11.8 Å². The highest BCUT2D eigenvalue weighted by Gasteiger charge is 2.34. The third-order valence-electron chi connectivity index (χ3n) is 4.59. The van der Waals surface area contributed by atoms with E-state index in [4.69, 9.17) is 9.47 Å². The van der Waals surface area contributed by atoms with E-state index < -0.39 is 10.0 Å². The van der Waals surface area contributed by atoms with Gasteiger partial charge in [-0.25, -0.2) is 8.42 Å². The summed E-state index contributed by atoms with van der Waals surface area (Å²) in [5.74, 6) is 0.497. The van der Waals surface area contributed by atoms with Gasteiger partial charge in [-0.15, -0.1) is 0 Å². The molecule has 1 unspecified atom stereocenters. The van der Waals surface area contributed by atoms with E-state index in [1.807, 2.05) is 0 Å². The molecular weight excluding hydrogens is 396 g/mol. The lowest BCUT2D eigenvalue weighted by Gasteiger charge is -2.19. The van der Waals surface area contributed by atoms with Gasteiger partial charge in [0.25, 0.3) is 0 Å². The van der Waals surface area contributed by atoms with Crippen molar-refractivity contribution >= 4 is 21.6 Å². The summed E-state index contributed by atoms with van der Waals surface area (Å²) >= 11 is 0. The zero-order valence-electron chi connectivity index (χ0n) is 16.6. The first-order valence-electron chi connectivity index (χ1n) is 9.26. The maximum absolute atomic E-state index is 13.1. The molecule has 1 fully saturated rings. The molecule has 29 heavy (non-hydrogen) atoms. The average molecular weight is 420 g/mol. The van der Waals surface area contributed by atoms with E-state index in [1.165, 1.54) is 29.9 Å². The Hall–Kier alpha value is -2.72. The minimum Gasteiger partial charge on any atom is -0.480 e. The molecule has 1 N–H and O–H groups in total. The lowest BCUT2D eigenvalue weighted by atomic mass is 10.2. The van der Waals surface area contributed by atoms with Crippen molar-refractivity contribution in [2.75, 3.05) is 25.5 Å². The lowest BCUT2D eigenvalue weighted by molar-refractivity contribution is -0.115. The van der Waals surface area contributed by atoms with Gasteiger partial charge in [0.15, 0.2) is 0 Å². The van der Waals surface area contributed by atoms with Crippen molar-refractivity contribution in [1.29, 1.82) is 0 Å². The van der Waals surface area contributed by atoms with E-state index in [9.17, 15) is 13.2 Å². The molecule has 0 aliphatic carbocycles. The van der Waals surface area contributed by atoms with Gasteiger partial charge in [0, 0.05) is 18.7 Å². The zero-order valence-corrected chi connectivity index (χ0v) is 17.4. The Kier molecular flexibility index (Phi) is 6.33. The first-order chi connectivity index (χ1) is 13.8. The van der Waals surface area contributed by atoms with Crippen LogP contribution in [0.15, 0.2) is 35.5 Å². The first-order valence-corrected chi connectivity index (χ1v) is 10.7. The van der Waals surface area contributed by atoms with Crippen LogP contribution < -0.4 is 14.8 Å². The second kappa shape index (κ2) is 8.75. The monoisotopic (exact) mass is 420 g/mol. The highest BCUT2D eigenvalue weighted by atomic mass is 32.2. The van der Waals surface area contributed by atoms with Gasteiger partial charge in [-0.2, -0.15) is 9.29 Å². The molecule has 156 valence electrons. The smallest absolute Gasteiger partial charge is 0.243 e. The molecule has 0 spiro atoms. The number of nitrogens with one attached hydrogen (secondary N) is 1. The number of ether oxygens (including phenoxy) is 2. The Morgan fingerprint density at radius 1 is 1.31 bits per heavy atom. The van der Waals surface area contributed by atoms with Gasteiger partial charge in [-0.1, -0.05) is 6.92 Å². The molecule has 1 aromatic heterocycles. The maximum atomic E-state index is 13.1. The van der Waals surface area contributed by atoms with Crippen molar-refractivity contribution in [1.82, 2.24) is 14.3 Å². The molecule has 1 aliphatic heterocycles. The van der Waals surface area contributed by atoms with Crippen molar-refractivity contribution in [3.05, 3.63) is 36.2 Å². The second-order valence-corrected chi connectivity index (χ2v) is 8.58. The third kappa shape index (κ3) is 4.83. The predicted octanol–water partition coefficient (Wildman–Crippen LogP) is 1.98. The number of amides is 1. The molecule has 2 heterocycles. The number of benzene rings is 1. The van der Waals surface area contributed by atoms with E-state index in [2.05, 4.69) is 15.3 Å². The quantitative estimate of drug-likeness (QED) is 0.729. The van der Waals surface area contributed by atoms with Crippen molar-refractivity contribution in [2.24, 2.45) is 0 Å². The van der Waals surface area contributed by atoms with Crippen LogP contribution in [0.4, 0.5) is 5.69 Å². The number of carbonyl (C=O) groups is 1. The normalized spacial score (nSPS) is 17.1. The number of aryl methyl sites for hydroxylation is 1. The number of hydrogen-bond acceptors (Lipinski definition) is 7. The summed E-state index contributed by atoms with van der Waals surface area (Å²) in [6.07, 6.45) is 3.50. The van der Waals surface area contributed by atoms with Crippen LogP contribution in [0.2, 0.25) is 0 Å². The number of rotatable bonds is 7. The van der Waals surface area contributed by atoms with Crippen LogP contribution in [0, 0.1) is 6.92 Å². The lowest BCUT2D eigenvalue weighted by Crippen LogP contribution is -2.31. The predicted molar refractivity (Wildman–Crippen MR) is 106 cm³/mol. The molecule has 0 bridgehead atoms.